The molecule has 6 heteroatoms. The average molecular weight is 565 g/mol. The highest BCUT2D eigenvalue weighted by Crippen LogP contribution is 2.47. The summed E-state index contributed by atoms with van der Waals surface area (Å²) in [6, 6.07) is 4.46. The van der Waals surface area contributed by atoms with Crippen molar-refractivity contribution in [1.29, 1.82) is 0 Å². The Morgan fingerprint density at radius 1 is 0.643 bits per heavy atom. The van der Waals surface area contributed by atoms with Crippen LogP contribution >= 0.6 is 0 Å². The third-order valence-corrected chi connectivity index (χ3v) is 9.42. The number of aryl methyl sites for hydroxylation is 4. The molecule has 0 aromatic carbocycles. The fourth-order valence-corrected chi connectivity index (χ4v) is 7.50. The van der Waals surface area contributed by atoms with Crippen LogP contribution in [0.4, 0.5) is 0 Å². The highest BCUT2D eigenvalue weighted by molar-refractivity contribution is 6.00. The lowest BCUT2D eigenvalue weighted by Crippen LogP contribution is -2.08. The third-order valence-electron chi connectivity index (χ3n) is 9.42. The van der Waals surface area contributed by atoms with Crippen LogP contribution in [0.25, 0.3) is 44.4 Å². The number of H-pyrrole nitrogens is 2. The van der Waals surface area contributed by atoms with Gasteiger partial charge in [0.1, 0.15) is 11.4 Å². The molecule has 8 bridgehead atoms. The average Bonchev–Trinajstić information content (AvgIpc) is 3.75. The molecule has 6 heterocycles. The first-order chi connectivity index (χ1) is 20.4. The Labute approximate surface area is 249 Å². The van der Waals surface area contributed by atoms with Crippen LogP contribution in [-0.2, 0) is 25.7 Å². The summed E-state index contributed by atoms with van der Waals surface area (Å²) in [4.78, 5) is 17.9. The van der Waals surface area contributed by atoms with Crippen molar-refractivity contribution in [3.05, 3.63) is 57.2 Å². The van der Waals surface area contributed by atoms with E-state index in [1.807, 2.05) is 0 Å². The number of ether oxygens (including phenoxy) is 1. The molecule has 3 aromatic rings. The second-order valence-corrected chi connectivity index (χ2v) is 11.4. The Hall–Kier alpha value is -3.80. The zero-order valence-electron chi connectivity index (χ0n) is 26.3. The van der Waals surface area contributed by atoms with Crippen LogP contribution in [-0.4, -0.2) is 31.6 Å². The summed E-state index contributed by atoms with van der Waals surface area (Å²) in [6.45, 7) is 16.0. The molecule has 3 N–H and O–H groups in total. The Morgan fingerprint density at radius 2 is 1.17 bits per heavy atom. The number of nitrogens with one attached hydrogen (secondary N) is 2. The number of rotatable bonds is 7. The molecule has 3 aromatic heterocycles. The number of hydrogen-bond donors (Lipinski definition) is 3. The van der Waals surface area contributed by atoms with E-state index in [-0.39, 0.29) is 5.75 Å². The molecule has 0 aliphatic carbocycles. The lowest BCUT2D eigenvalue weighted by atomic mass is 9.96. The van der Waals surface area contributed by atoms with Crippen LogP contribution < -0.4 is 4.74 Å². The molecular formula is C36H44N4O2. The van der Waals surface area contributed by atoms with E-state index in [1.54, 1.807) is 0 Å². The molecule has 220 valence electrons. The van der Waals surface area contributed by atoms with E-state index in [1.165, 1.54) is 33.4 Å². The molecule has 0 radical (unpaired) electrons. The van der Waals surface area contributed by atoms with Crippen LogP contribution in [0.3, 0.4) is 0 Å². The first-order valence-electron chi connectivity index (χ1n) is 16.0. The molecule has 6 rings (SSSR count). The van der Waals surface area contributed by atoms with Crippen molar-refractivity contribution in [2.45, 2.75) is 99.8 Å². The first-order valence-corrected chi connectivity index (χ1v) is 16.0. The van der Waals surface area contributed by atoms with Crippen molar-refractivity contribution in [3.63, 3.8) is 0 Å². The zero-order valence-corrected chi connectivity index (χ0v) is 26.3. The van der Waals surface area contributed by atoms with Gasteiger partial charge in [-0.15, -0.1) is 0 Å². The van der Waals surface area contributed by atoms with Gasteiger partial charge in [0.2, 0.25) is 0 Å². The maximum atomic E-state index is 12.0. The standard InChI is InChI=1S/C36H44N4O2/c1-8-19-20(9-2)28-18-30-22(11-4)24(13-6)33(39-30)36-34-26(15-16-42-36)25(14-7)32(40-34)35(41)31-23(12-5)21(10-3)29(38-31)17-27(19)37-28/h17-18,38-39,41H,8-16H2,1-7H3. The van der Waals surface area contributed by atoms with Crippen molar-refractivity contribution in [3.8, 4) is 11.5 Å². The smallest absolute Gasteiger partial charge is 0.168 e. The molecule has 0 fully saturated rings. The van der Waals surface area contributed by atoms with Gasteiger partial charge in [-0.05, 0) is 102 Å². The Morgan fingerprint density at radius 3 is 1.69 bits per heavy atom. The molecular weight excluding hydrogens is 520 g/mol. The molecule has 0 amide bonds. The number of nitrogens with zero attached hydrogens (tertiary/aromatic N) is 2. The van der Waals surface area contributed by atoms with E-state index in [0.717, 1.165) is 107 Å². The van der Waals surface area contributed by atoms with Crippen molar-refractivity contribution >= 4 is 44.4 Å². The van der Waals surface area contributed by atoms with E-state index in [0.29, 0.717) is 12.3 Å². The van der Waals surface area contributed by atoms with Gasteiger partial charge >= 0.3 is 0 Å². The molecule has 0 saturated heterocycles. The summed E-state index contributed by atoms with van der Waals surface area (Å²) in [5, 5.41) is 12.0. The number of aromatic nitrogens is 4. The van der Waals surface area contributed by atoms with Crippen molar-refractivity contribution in [2.75, 3.05) is 6.61 Å². The summed E-state index contributed by atoms with van der Waals surface area (Å²) in [7, 11) is 0. The minimum Gasteiger partial charge on any atom is -0.504 e. The number of allylic oxidation sites excluding steroid dienone is 3. The van der Waals surface area contributed by atoms with E-state index in [9.17, 15) is 5.11 Å². The Balaban J connectivity index is 1.89. The fourth-order valence-electron chi connectivity index (χ4n) is 7.50. The normalized spacial score (nSPS) is 14.6. The quantitative estimate of drug-likeness (QED) is 0.267. The lowest BCUT2D eigenvalue weighted by molar-refractivity contribution is 0.318. The largest absolute Gasteiger partial charge is 0.504 e. The van der Waals surface area contributed by atoms with Gasteiger partial charge in [0.15, 0.2) is 11.5 Å². The molecule has 6 nitrogen and oxygen atoms in total. The lowest BCUT2D eigenvalue weighted by Gasteiger charge is -2.17. The third kappa shape index (κ3) is 4.13. The van der Waals surface area contributed by atoms with Gasteiger partial charge in [-0.25, -0.2) is 9.97 Å². The maximum absolute atomic E-state index is 12.0. The molecule has 3 aliphatic heterocycles. The second-order valence-electron chi connectivity index (χ2n) is 11.4. The van der Waals surface area contributed by atoms with Crippen LogP contribution in [0.1, 0.15) is 119 Å². The van der Waals surface area contributed by atoms with Gasteiger partial charge in [-0.3, -0.25) is 0 Å². The van der Waals surface area contributed by atoms with Crippen molar-refractivity contribution in [1.82, 2.24) is 19.9 Å². The molecule has 0 atom stereocenters. The zero-order chi connectivity index (χ0) is 29.7. The topological polar surface area (TPSA) is 86.8 Å². The van der Waals surface area contributed by atoms with Crippen molar-refractivity contribution in [2.24, 2.45) is 0 Å². The molecule has 42 heavy (non-hydrogen) atoms. The minimum absolute atomic E-state index is 0.227. The van der Waals surface area contributed by atoms with E-state index < -0.39 is 0 Å². The molecule has 3 aliphatic rings. The van der Waals surface area contributed by atoms with E-state index in [2.05, 4.69) is 70.6 Å². The van der Waals surface area contributed by atoms with Crippen molar-refractivity contribution < 1.29 is 9.84 Å². The first kappa shape index (κ1) is 28.3. The monoisotopic (exact) mass is 564 g/mol. The molecule has 0 saturated carbocycles. The van der Waals surface area contributed by atoms with Crippen LogP contribution in [0.5, 0.6) is 11.5 Å². The summed E-state index contributed by atoms with van der Waals surface area (Å²) >= 11 is 0. The van der Waals surface area contributed by atoms with E-state index >= 15 is 0 Å². The van der Waals surface area contributed by atoms with Gasteiger partial charge in [0.25, 0.3) is 0 Å². The summed E-state index contributed by atoms with van der Waals surface area (Å²) in [5.74, 6) is 1.03. The van der Waals surface area contributed by atoms with E-state index in [4.69, 9.17) is 14.7 Å². The summed E-state index contributed by atoms with van der Waals surface area (Å²) in [6.07, 6.45) is 6.88. The SMILES string of the molecule is CCC1=C(CC)c2cc3[nH]c(c(CC)c3CC)c3c4nc(c(O)c5[nH]c(cc1n2)c(CC)c5CC)C(CC)=C4CCO3. The Kier molecular flexibility index (Phi) is 7.50. The molecule has 0 spiro atoms. The van der Waals surface area contributed by atoms with Gasteiger partial charge in [0.05, 0.1) is 29.0 Å². The Bertz CT molecular complexity index is 1820. The van der Waals surface area contributed by atoms with Gasteiger partial charge < -0.3 is 19.8 Å². The number of aromatic amines is 2. The highest BCUT2D eigenvalue weighted by Gasteiger charge is 2.30. The molecule has 0 unspecified atom stereocenters. The minimum atomic E-state index is 0.227. The number of aromatic hydroxyl groups is 1. The predicted molar refractivity (Wildman–Crippen MR) is 175 cm³/mol. The van der Waals surface area contributed by atoms with Crippen LogP contribution in [0.2, 0.25) is 0 Å². The summed E-state index contributed by atoms with van der Waals surface area (Å²) in [5.41, 5.74) is 17.4. The maximum Gasteiger partial charge on any atom is 0.168 e. The summed E-state index contributed by atoms with van der Waals surface area (Å²) < 4.78 is 6.45. The fraction of sp³-hybridized carbons (Fsp3) is 0.444. The highest BCUT2D eigenvalue weighted by atomic mass is 16.5. The number of hydrogen-bond acceptors (Lipinski definition) is 4. The van der Waals surface area contributed by atoms with Gasteiger partial charge in [-0.1, -0.05) is 48.5 Å². The van der Waals surface area contributed by atoms with Gasteiger partial charge in [0, 0.05) is 17.5 Å². The number of fused-ring (bicyclic) bond motifs is 8. The predicted octanol–water partition coefficient (Wildman–Crippen LogP) is 9.10. The van der Waals surface area contributed by atoms with Crippen LogP contribution in [0.15, 0.2) is 12.1 Å². The van der Waals surface area contributed by atoms with Crippen LogP contribution in [0, 0.1) is 0 Å². The van der Waals surface area contributed by atoms with Gasteiger partial charge in [-0.2, -0.15) is 0 Å². The second kappa shape index (κ2) is 11.1.